The molecular formula is C8H10Cl2N2O. The lowest BCUT2D eigenvalue weighted by molar-refractivity contribution is -0.122. The van der Waals surface area contributed by atoms with Gasteiger partial charge in [-0.15, -0.1) is 0 Å². The van der Waals surface area contributed by atoms with Gasteiger partial charge in [-0.05, 0) is 0 Å². The zero-order valence-electron chi connectivity index (χ0n) is 7.42. The molecule has 0 spiro atoms. The maximum absolute atomic E-state index is 11.3. The van der Waals surface area contributed by atoms with E-state index in [1.807, 2.05) is 13.8 Å². The van der Waals surface area contributed by atoms with E-state index in [0.29, 0.717) is 5.15 Å². The number of ketones is 1. The number of nitrogens with zero attached hydrogens (tertiary/aromatic N) is 2. The van der Waals surface area contributed by atoms with Gasteiger partial charge in [0.05, 0.1) is 12.9 Å². The molecule has 1 aromatic rings. The molecule has 5 heteroatoms. The minimum atomic E-state index is -0.00255. The predicted octanol–water partition coefficient (Wildman–Crippen LogP) is 2.42. The van der Waals surface area contributed by atoms with Gasteiger partial charge in [0.25, 0.3) is 0 Å². The topological polar surface area (TPSA) is 34.9 Å². The summed E-state index contributed by atoms with van der Waals surface area (Å²) < 4.78 is 1.53. The highest BCUT2D eigenvalue weighted by molar-refractivity contribution is 6.40. The molecule has 13 heavy (non-hydrogen) atoms. The van der Waals surface area contributed by atoms with Crippen molar-refractivity contribution >= 4 is 29.0 Å². The van der Waals surface area contributed by atoms with Crippen molar-refractivity contribution < 1.29 is 4.79 Å². The first-order valence-corrected chi connectivity index (χ1v) is 4.66. The van der Waals surface area contributed by atoms with Gasteiger partial charge in [0, 0.05) is 5.92 Å². The van der Waals surface area contributed by atoms with Gasteiger partial charge in [0.15, 0.2) is 10.9 Å². The molecule has 0 saturated carbocycles. The summed E-state index contributed by atoms with van der Waals surface area (Å²) in [5.74, 6) is 0.105. The lowest BCUT2D eigenvalue weighted by atomic mass is 10.1. The Morgan fingerprint density at radius 2 is 2.23 bits per heavy atom. The van der Waals surface area contributed by atoms with E-state index in [1.165, 1.54) is 10.9 Å². The molecule has 0 N–H and O–H groups in total. The van der Waals surface area contributed by atoms with Crippen LogP contribution < -0.4 is 0 Å². The molecule has 0 aromatic carbocycles. The van der Waals surface area contributed by atoms with E-state index in [1.54, 1.807) is 0 Å². The Morgan fingerprint density at radius 1 is 1.62 bits per heavy atom. The van der Waals surface area contributed by atoms with Gasteiger partial charge in [-0.2, -0.15) is 0 Å². The van der Waals surface area contributed by atoms with Crippen LogP contribution in [0, 0.1) is 5.92 Å². The molecule has 1 heterocycles. The van der Waals surface area contributed by atoms with E-state index in [4.69, 9.17) is 23.2 Å². The van der Waals surface area contributed by atoms with Crippen LogP contribution in [0.5, 0.6) is 0 Å². The minimum absolute atomic E-state index is 0.00255. The molecule has 1 rings (SSSR count). The van der Waals surface area contributed by atoms with Crippen molar-refractivity contribution in [2.45, 2.75) is 20.4 Å². The third kappa shape index (κ3) is 2.45. The van der Waals surface area contributed by atoms with Crippen LogP contribution in [0.2, 0.25) is 10.3 Å². The quantitative estimate of drug-likeness (QED) is 0.785. The van der Waals surface area contributed by atoms with Gasteiger partial charge in [-0.25, -0.2) is 4.98 Å². The Bertz CT molecular complexity index is 320. The molecule has 0 aliphatic heterocycles. The van der Waals surface area contributed by atoms with Gasteiger partial charge >= 0.3 is 0 Å². The number of imidazole rings is 1. The minimum Gasteiger partial charge on any atom is -0.313 e. The summed E-state index contributed by atoms with van der Waals surface area (Å²) in [6, 6.07) is 0. The number of hydrogen-bond acceptors (Lipinski definition) is 2. The van der Waals surface area contributed by atoms with Crippen molar-refractivity contribution in [2.24, 2.45) is 5.92 Å². The van der Waals surface area contributed by atoms with Crippen molar-refractivity contribution in [3.8, 4) is 0 Å². The first-order chi connectivity index (χ1) is 6.02. The third-order valence-electron chi connectivity index (χ3n) is 1.70. The van der Waals surface area contributed by atoms with Crippen molar-refractivity contribution in [3.05, 3.63) is 16.6 Å². The molecule has 72 valence electrons. The van der Waals surface area contributed by atoms with E-state index in [2.05, 4.69) is 4.98 Å². The Hall–Kier alpha value is -0.540. The second-order valence-electron chi connectivity index (χ2n) is 3.08. The van der Waals surface area contributed by atoms with Crippen LogP contribution in [0.3, 0.4) is 0 Å². The maximum Gasteiger partial charge on any atom is 0.166 e. The van der Waals surface area contributed by atoms with Gasteiger partial charge in [-0.3, -0.25) is 4.79 Å². The lowest BCUT2D eigenvalue weighted by Crippen LogP contribution is -2.14. The Labute approximate surface area is 86.7 Å². The summed E-state index contributed by atoms with van der Waals surface area (Å²) in [6.45, 7) is 3.92. The second-order valence-corrected chi connectivity index (χ2v) is 3.79. The average molecular weight is 221 g/mol. The van der Waals surface area contributed by atoms with Crippen molar-refractivity contribution in [1.82, 2.24) is 9.55 Å². The van der Waals surface area contributed by atoms with Gasteiger partial charge in [0.1, 0.15) is 5.15 Å². The highest BCUT2D eigenvalue weighted by Gasteiger charge is 2.12. The molecule has 0 aliphatic rings. The first kappa shape index (κ1) is 10.5. The molecule has 0 bridgehead atoms. The summed E-state index contributed by atoms with van der Waals surface area (Å²) in [7, 11) is 0. The maximum atomic E-state index is 11.3. The predicted molar refractivity (Wildman–Crippen MR) is 52.1 cm³/mol. The van der Waals surface area contributed by atoms with Gasteiger partial charge in [-0.1, -0.05) is 37.0 Å². The largest absolute Gasteiger partial charge is 0.313 e. The molecule has 0 unspecified atom stereocenters. The SMILES string of the molecule is CC(C)C(=O)Cn1cnc(Cl)c1Cl. The number of Topliss-reactive ketones (excluding diaryl/α,β-unsaturated/α-hetero) is 1. The number of carbonyl (C=O) groups is 1. The third-order valence-corrected chi connectivity index (χ3v) is 2.47. The number of rotatable bonds is 3. The Balaban J connectivity index is 2.75. The number of aromatic nitrogens is 2. The second kappa shape index (κ2) is 4.11. The molecule has 0 amide bonds. The van der Waals surface area contributed by atoms with E-state index >= 15 is 0 Å². The van der Waals surface area contributed by atoms with Crippen LogP contribution in [0.15, 0.2) is 6.33 Å². The zero-order valence-corrected chi connectivity index (χ0v) is 8.93. The summed E-state index contributed by atoms with van der Waals surface area (Å²) in [5, 5.41) is 0.550. The fraction of sp³-hybridized carbons (Fsp3) is 0.500. The molecule has 0 radical (unpaired) electrons. The highest BCUT2D eigenvalue weighted by Crippen LogP contribution is 2.19. The van der Waals surface area contributed by atoms with Crippen LogP contribution >= 0.6 is 23.2 Å². The lowest BCUT2D eigenvalue weighted by Gasteiger charge is -2.05. The molecule has 1 aromatic heterocycles. The summed E-state index contributed by atoms with van der Waals surface area (Å²) in [6.07, 6.45) is 1.46. The number of carbonyl (C=O) groups excluding carboxylic acids is 1. The van der Waals surface area contributed by atoms with Crippen LogP contribution in [0.1, 0.15) is 13.8 Å². The Morgan fingerprint density at radius 3 is 2.62 bits per heavy atom. The molecule has 0 saturated heterocycles. The van der Waals surface area contributed by atoms with Crippen molar-refractivity contribution in [2.75, 3.05) is 0 Å². The molecule has 0 atom stereocenters. The van der Waals surface area contributed by atoms with E-state index in [9.17, 15) is 4.79 Å². The zero-order chi connectivity index (χ0) is 10.0. The van der Waals surface area contributed by atoms with E-state index < -0.39 is 0 Å². The van der Waals surface area contributed by atoms with E-state index in [0.717, 1.165) is 0 Å². The number of halogens is 2. The molecule has 0 aliphatic carbocycles. The normalized spacial score (nSPS) is 10.8. The summed E-state index contributed by atoms with van der Waals surface area (Å²) >= 11 is 11.4. The van der Waals surface area contributed by atoms with Crippen LogP contribution in [0.4, 0.5) is 0 Å². The standard InChI is InChI=1S/C8H10Cl2N2O/c1-5(2)6(13)3-12-4-11-7(9)8(12)10/h4-5H,3H2,1-2H3. The smallest absolute Gasteiger partial charge is 0.166 e. The van der Waals surface area contributed by atoms with Gasteiger partial charge in [0.2, 0.25) is 0 Å². The fourth-order valence-electron chi connectivity index (χ4n) is 0.804. The fourth-order valence-corrected chi connectivity index (χ4v) is 1.11. The molecule has 0 fully saturated rings. The summed E-state index contributed by atoms with van der Waals surface area (Å²) in [4.78, 5) is 15.1. The molecular weight excluding hydrogens is 211 g/mol. The summed E-state index contributed by atoms with van der Waals surface area (Å²) in [5.41, 5.74) is 0. The Kier molecular flexibility index (Phi) is 3.33. The average Bonchev–Trinajstić information content (AvgIpc) is 2.36. The van der Waals surface area contributed by atoms with Gasteiger partial charge < -0.3 is 4.57 Å². The number of hydrogen-bond donors (Lipinski definition) is 0. The van der Waals surface area contributed by atoms with Crippen LogP contribution in [-0.4, -0.2) is 15.3 Å². The molecule has 3 nitrogen and oxygen atoms in total. The highest BCUT2D eigenvalue weighted by atomic mass is 35.5. The van der Waals surface area contributed by atoms with E-state index in [-0.39, 0.29) is 23.4 Å². The van der Waals surface area contributed by atoms with Crippen molar-refractivity contribution in [1.29, 1.82) is 0 Å². The van der Waals surface area contributed by atoms with Crippen LogP contribution in [0.25, 0.3) is 0 Å². The monoisotopic (exact) mass is 220 g/mol. The van der Waals surface area contributed by atoms with Crippen LogP contribution in [-0.2, 0) is 11.3 Å². The van der Waals surface area contributed by atoms with Crippen molar-refractivity contribution in [3.63, 3.8) is 0 Å². The first-order valence-electron chi connectivity index (χ1n) is 3.91.